The lowest BCUT2D eigenvalue weighted by atomic mass is 10.1. The van der Waals surface area contributed by atoms with Crippen molar-refractivity contribution in [2.75, 3.05) is 62.9 Å². The summed E-state index contributed by atoms with van der Waals surface area (Å²) in [5.41, 5.74) is 5.43. The van der Waals surface area contributed by atoms with Crippen LogP contribution in [0.1, 0.15) is 65.2 Å². The highest BCUT2D eigenvalue weighted by molar-refractivity contribution is 8.77. The number of carbonyl (C=O) groups is 2. The molecule has 24 nitrogen and oxygen atoms in total. The molecule has 2 amide bonds. The van der Waals surface area contributed by atoms with Crippen LogP contribution in [0, 0.1) is 11.8 Å². The maximum atomic E-state index is 13.1. The summed E-state index contributed by atoms with van der Waals surface area (Å²) in [5.74, 6) is 6.46. The average Bonchev–Trinajstić information content (AvgIpc) is 3.73. The molecule has 62 heavy (non-hydrogen) atoms. The number of hydrogen-bond acceptors (Lipinski definition) is 19. The Hall–Kier alpha value is -2.12. The quantitative estimate of drug-likeness (QED) is 0.0220. The van der Waals surface area contributed by atoms with Crippen LogP contribution < -0.4 is 21.9 Å². The third kappa shape index (κ3) is 20.0. The second-order valence-electron chi connectivity index (χ2n) is 13.3. The van der Waals surface area contributed by atoms with Gasteiger partial charge in [0.25, 0.3) is 5.56 Å². The summed E-state index contributed by atoms with van der Waals surface area (Å²) in [4.78, 5) is 80.5. The molecule has 3 rings (SSSR count). The summed E-state index contributed by atoms with van der Waals surface area (Å²) >= 11 is 5.35. The molecule has 0 aromatic carbocycles. The van der Waals surface area contributed by atoms with Gasteiger partial charge in [-0.05, 0) is 57.0 Å². The van der Waals surface area contributed by atoms with Crippen molar-refractivity contribution in [2.45, 2.75) is 76.6 Å². The topological polar surface area (TPSA) is 341 Å². The van der Waals surface area contributed by atoms with Gasteiger partial charge in [-0.1, -0.05) is 49.8 Å². The van der Waals surface area contributed by atoms with Crippen molar-refractivity contribution in [1.29, 1.82) is 0 Å². The molecule has 31 heteroatoms. The first kappa shape index (κ1) is 54.2. The summed E-state index contributed by atoms with van der Waals surface area (Å²) < 4.78 is 76.9. The number of alkyl carbamates (subject to hydrolysis) is 2. The van der Waals surface area contributed by atoms with Crippen LogP contribution in [0.5, 0.6) is 0 Å². The van der Waals surface area contributed by atoms with E-state index in [1.54, 1.807) is 21.6 Å². The van der Waals surface area contributed by atoms with E-state index in [1.807, 2.05) is 13.8 Å². The molecule has 2 aromatic rings. The Labute approximate surface area is 371 Å². The van der Waals surface area contributed by atoms with E-state index >= 15 is 0 Å². The van der Waals surface area contributed by atoms with Crippen LogP contribution in [0.25, 0.3) is 11.0 Å². The van der Waals surface area contributed by atoms with Gasteiger partial charge in [0.1, 0.15) is 18.3 Å². The fourth-order valence-electron chi connectivity index (χ4n) is 5.08. The molecule has 1 aliphatic heterocycles. The van der Waals surface area contributed by atoms with Gasteiger partial charge in [-0.15, -0.1) is 0 Å². The fraction of sp³-hybridized carbons (Fsp3) is 0.677. The highest BCUT2D eigenvalue weighted by atomic mass is 33.1. The van der Waals surface area contributed by atoms with Crippen molar-refractivity contribution in [3.63, 3.8) is 0 Å². The zero-order valence-corrected chi connectivity index (χ0v) is 39.9. The number of amides is 2. The molecule has 0 bridgehead atoms. The van der Waals surface area contributed by atoms with Gasteiger partial charge in [-0.25, -0.2) is 23.3 Å². The monoisotopic (exact) mass is 1020 g/mol. The fourth-order valence-corrected chi connectivity index (χ4v) is 11.0. The molecule has 0 aliphatic carbocycles. The second kappa shape index (κ2) is 25.5. The predicted molar refractivity (Wildman–Crippen MR) is 233 cm³/mol. The summed E-state index contributed by atoms with van der Waals surface area (Å²) in [6, 6.07) is 0. The highest BCUT2D eigenvalue weighted by Crippen LogP contribution is 2.66. The number of carbonyl (C=O) groups excluding carboxylic acids is 2. The minimum Gasteiger partial charge on any atom is -0.450 e. The maximum absolute atomic E-state index is 13.1. The van der Waals surface area contributed by atoms with Crippen molar-refractivity contribution in [1.82, 2.24) is 25.2 Å². The third-order valence-corrected chi connectivity index (χ3v) is 16.8. The number of nitrogens with two attached hydrogens (primary N) is 1. The van der Waals surface area contributed by atoms with E-state index in [9.17, 15) is 37.9 Å². The van der Waals surface area contributed by atoms with Gasteiger partial charge in [0.2, 0.25) is 5.95 Å². The number of H-pyrrole nitrogens is 1. The molecular weight excluding hydrogens is 966 g/mol. The molecule has 0 radical (unpaired) electrons. The lowest BCUT2D eigenvalue weighted by molar-refractivity contribution is -0.0522. The van der Waals surface area contributed by atoms with E-state index in [0.29, 0.717) is 50.7 Å². The first-order chi connectivity index (χ1) is 29.0. The van der Waals surface area contributed by atoms with Crippen LogP contribution in [-0.2, 0) is 71.2 Å². The van der Waals surface area contributed by atoms with Crippen LogP contribution >= 0.6 is 45.1 Å². The summed E-state index contributed by atoms with van der Waals surface area (Å²) in [6.07, 6.45) is -0.835. The van der Waals surface area contributed by atoms with Crippen LogP contribution in [0.15, 0.2) is 11.0 Å². The molecule has 9 N–H and O–H groups in total. The summed E-state index contributed by atoms with van der Waals surface area (Å²) in [6.45, 7) is 8.24. The van der Waals surface area contributed by atoms with Gasteiger partial charge in [0.05, 0.1) is 49.4 Å². The number of unbranched alkanes of at least 4 members (excludes halogenated alkanes) is 1. The number of ether oxygens (including phenoxy) is 5. The van der Waals surface area contributed by atoms with Crippen molar-refractivity contribution in [2.24, 2.45) is 0 Å². The summed E-state index contributed by atoms with van der Waals surface area (Å²) in [5, 5.41) is 5.12. The number of phosphoric acid groups is 3. The smallest absolute Gasteiger partial charge is 0.450 e. The Kier molecular flexibility index (Phi) is 22.3. The lowest BCUT2D eigenvalue weighted by Gasteiger charge is -2.22. The minimum absolute atomic E-state index is 0.0240. The Balaban J connectivity index is 1.54. The SMILES string of the molecule is CCNC(=O)OCCC(C)(C)SSCOCCCCOC(=O)NCC#Cc1cn([C@H]2C[C@H](OCS(=S)CC)[C@@H](COP(=O)(O)OP(=O)(O)OP(=O)(O)O)O2)c2nc(N)[nH]c(=O)c12. The third-order valence-electron chi connectivity index (χ3n) is 7.88. The Morgan fingerprint density at radius 2 is 1.79 bits per heavy atom. The van der Waals surface area contributed by atoms with E-state index in [2.05, 4.69) is 54.9 Å². The summed E-state index contributed by atoms with van der Waals surface area (Å²) in [7, 11) is -14.3. The molecule has 6 atom stereocenters. The first-order valence-corrected chi connectivity index (χ1v) is 27.9. The van der Waals surface area contributed by atoms with Gasteiger partial charge in [-0.2, -0.15) is 13.6 Å². The number of hydrogen-bond donors (Lipinski definition) is 8. The highest BCUT2D eigenvalue weighted by Gasteiger charge is 2.44. The number of nitrogens with one attached hydrogen (secondary N) is 3. The minimum atomic E-state index is -5.78. The second-order valence-corrected chi connectivity index (χ2v) is 23.8. The largest absolute Gasteiger partial charge is 0.490 e. The van der Waals surface area contributed by atoms with Crippen molar-refractivity contribution in [3.05, 3.63) is 22.1 Å². The number of aromatic nitrogens is 3. The van der Waals surface area contributed by atoms with E-state index < -0.39 is 75.7 Å². The number of rotatable bonds is 26. The standard InChI is InChI=1S/C31H51N6O18P3S4/c1-5-33-29(39)50-15-11-31(3,4)61-60-19-48-13-7-8-14-49-30(40)34-12-9-10-21-17-37(26-25(21)27(38)36-28(32)35-26)24-16-22(51-20-62(59)6-2)23(53-24)18-52-57(44,45)55-58(46,47)54-56(41,42)43/h17,22-24H,5-8,11-16,18-20H2,1-4H3,(H,33,39)(H,34,40)(H,44,45)(H,46,47)(H2,41,42,43)(H3,32,35,36,38)/t22-,23+,24+,62?/m0/s1. The first-order valence-electron chi connectivity index (χ1n) is 18.5. The molecule has 352 valence electrons. The Morgan fingerprint density at radius 1 is 1.10 bits per heavy atom. The molecule has 3 unspecified atom stereocenters. The molecule has 1 saturated heterocycles. The molecule has 1 aliphatic rings. The van der Waals surface area contributed by atoms with Crippen molar-refractivity contribution >= 4 is 94.9 Å². The molecule has 0 saturated carbocycles. The normalized spacial score (nSPS) is 19.2. The predicted octanol–water partition coefficient (Wildman–Crippen LogP) is 3.51. The average molecular weight is 1020 g/mol. The van der Waals surface area contributed by atoms with E-state index in [4.69, 9.17) is 54.9 Å². The van der Waals surface area contributed by atoms with E-state index in [0.717, 1.165) is 0 Å². The number of phosphoric ester groups is 1. The van der Waals surface area contributed by atoms with Gasteiger partial charge in [0, 0.05) is 30.5 Å². The number of nitrogens with zero attached hydrogens (tertiary/aromatic N) is 2. The maximum Gasteiger partial charge on any atom is 0.490 e. The van der Waals surface area contributed by atoms with Crippen LogP contribution in [0.3, 0.4) is 0 Å². The Bertz CT molecular complexity index is 2110. The van der Waals surface area contributed by atoms with Gasteiger partial charge < -0.3 is 64.2 Å². The van der Waals surface area contributed by atoms with Gasteiger partial charge >= 0.3 is 35.7 Å². The molecule has 1 fully saturated rings. The molecule has 0 spiro atoms. The van der Waals surface area contributed by atoms with Crippen LogP contribution in [0.4, 0.5) is 15.5 Å². The van der Waals surface area contributed by atoms with E-state index in [-0.39, 0.29) is 52.8 Å². The number of aromatic amines is 1. The molecular formula is C31H51N6O18P3S4. The number of fused-ring (bicyclic) bond motifs is 1. The van der Waals surface area contributed by atoms with Gasteiger partial charge in [-0.3, -0.25) is 14.3 Å². The van der Waals surface area contributed by atoms with Crippen LogP contribution in [-0.4, -0.2) is 120 Å². The van der Waals surface area contributed by atoms with Crippen LogP contribution in [0.2, 0.25) is 0 Å². The van der Waals surface area contributed by atoms with Crippen molar-refractivity contribution in [3.8, 4) is 11.8 Å². The lowest BCUT2D eigenvalue weighted by Crippen LogP contribution is -2.30. The van der Waals surface area contributed by atoms with Crippen molar-refractivity contribution < 1.29 is 79.7 Å². The number of anilines is 1. The van der Waals surface area contributed by atoms with Gasteiger partial charge in [0.15, 0.2) is 5.65 Å². The zero-order chi connectivity index (χ0) is 46.1. The molecule has 2 aromatic heterocycles. The van der Waals surface area contributed by atoms with E-state index in [1.165, 1.54) is 10.8 Å². The molecule has 3 heterocycles. The Morgan fingerprint density at radius 3 is 2.48 bits per heavy atom. The zero-order valence-electron chi connectivity index (χ0n) is 34.0. The number of nitrogen functional groups attached to an aromatic ring is 1.